The van der Waals surface area contributed by atoms with E-state index in [4.69, 9.17) is 9.26 Å². The summed E-state index contributed by atoms with van der Waals surface area (Å²) in [5.74, 6) is 1.89. The van der Waals surface area contributed by atoms with Crippen LogP contribution >= 0.6 is 0 Å². The molecule has 3 aromatic rings. The van der Waals surface area contributed by atoms with Crippen LogP contribution < -0.4 is 20.3 Å². The number of anilines is 3. The summed E-state index contributed by atoms with van der Waals surface area (Å²) < 4.78 is 11.0. The molecule has 162 valence electrons. The molecule has 9 heteroatoms. The molecule has 31 heavy (non-hydrogen) atoms. The molecule has 3 rings (SSSR count). The average molecular weight is 423 g/mol. The lowest BCUT2D eigenvalue weighted by Gasteiger charge is -2.14. The van der Waals surface area contributed by atoms with E-state index in [1.165, 1.54) is 4.90 Å². The van der Waals surface area contributed by atoms with Gasteiger partial charge in [-0.3, -0.25) is 15.0 Å². The molecule has 2 N–H and O–H groups in total. The van der Waals surface area contributed by atoms with Gasteiger partial charge in [0.2, 0.25) is 12.3 Å². The summed E-state index contributed by atoms with van der Waals surface area (Å²) >= 11 is 0. The molecule has 1 aromatic carbocycles. The molecule has 0 atom stereocenters. The number of aromatic nitrogens is 2. The van der Waals surface area contributed by atoms with Crippen LogP contribution in [0.3, 0.4) is 0 Å². The summed E-state index contributed by atoms with van der Waals surface area (Å²) in [7, 11) is 0. The van der Waals surface area contributed by atoms with Crippen LogP contribution in [0.5, 0.6) is 11.5 Å². The molecule has 0 spiro atoms. The first-order valence-electron chi connectivity index (χ1n) is 9.79. The van der Waals surface area contributed by atoms with Gasteiger partial charge in [-0.1, -0.05) is 25.9 Å². The van der Waals surface area contributed by atoms with Crippen molar-refractivity contribution in [2.24, 2.45) is 0 Å². The lowest BCUT2D eigenvalue weighted by Crippen LogP contribution is -2.21. The first kappa shape index (κ1) is 21.8. The second-order valence-corrected chi connectivity index (χ2v) is 7.77. The predicted octanol–water partition coefficient (Wildman–Crippen LogP) is 4.79. The summed E-state index contributed by atoms with van der Waals surface area (Å²) in [4.78, 5) is 28.9. The molecule has 0 aliphatic rings. The minimum atomic E-state index is -0.447. The Morgan fingerprint density at radius 3 is 2.48 bits per heavy atom. The number of nitrogens with one attached hydrogen (secondary N) is 2. The lowest BCUT2D eigenvalue weighted by atomic mass is 9.92. The molecule has 0 saturated carbocycles. The zero-order chi connectivity index (χ0) is 22.4. The molecule has 3 amide bonds. The standard InChI is InChI=1S/C22H25N5O4/c1-5-27(14-28)19-12-17(10-11-23-19)30-16-8-6-15(7-9-16)24-21(29)25-20-13-18(26-31-20)22(2,3)4/h6-14H,5H2,1-4H3,(H2,24,25,29). The van der Waals surface area contributed by atoms with E-state index in [1.807, 2.05) is 27.7 Å². The number of amides is 3. The van der Waals surface area contributed by atoms with Gasteiger partial charge < -0.3 is 14.6 Å². The van der Waals surface area contributed by atoms with E-state index < -0.39 is 6.03 Å². The van der Waals surface area contributed by atoms with E-state index in [0.717, 1.165) is 12.1 Å². The number of carbonyl (C=O) groups is 2. The van der Waals surface area contributed by atoms with Crippen molar-refractivity contribution < 1.29 is 18.8 Å². The molecule has 0 unspecified atom stereocenters. The smallest absolute Gasteiger partial charge is 0.326 e. The second-order valence-electron chi connectivity index (χ2n) is 7.77. The van der Waals surface area contributed by atoms with Crippen LogP contribution in [0.15, 0.2) is 53.2 Å². The van der Waals surface area contributed by atoms with Gasteiger partial charge in [-0.15, -0.1) is 0 Å². The lowest BCUT2D eigenvalue weighted by molar-refractivity contribution is -0.107. The summed E-state index contributed by atoms with van der Waals surface area (Å²) in [6.07, 6.45) is 2.30. The van der Waals surface area contributed by atoms with E-state index in [2.05, 4.69) is 20.8 Å². The number of carbonyl (C=O) groups excluding carboxylic acids is 2. The highest BCUT2D eigenvalue weighted by molar-refractivity contribution is 5.98. The molecule has 0 aliphatic carbocycles. The Bertz CT molecular complexity index is 1040. The number of hydrogen-bond acceptors (Lipinski definition) is 6. The van der Waals surface area contributed by atoms with Crippen molar-refractivity contribution >= 4 is 29.8 Å². The van der Waals surface area contributed by atoms with Gasteiger partial charge in [-0.25, -0.2) is 9.78 Å². The van der Waals surface area contributed by atoms with Crippen molar-refractivity contribution in [3.63, 3.8) is 0 Å². The Labute approximate surface area is 180 Å². The van der Waals surface area contributed by atoms with Crippen LogP contribution in [0.4, 0.5) is 22.2 Å². The van der Waals surface area contributed by atoms with Crippen molar-refractivity contribution in [2.75, 3.05) is 22.1 Å². The van der Waals surface area contributed by atoms with Gasteiger partial charge in [0.1, 0.15) is 17.3 Å². The molecular formula is C22H25N5O4. The highest BCUT2D eigenvalue weighted by Crippen LogP contribution is 2.26. The number of urea groups is 1. The van der Waals surface area contributed by atoms with E-state index in [0.29, 0.717) is 29.5 Å². The molecule has 0 radical (unpaired) electrons. The van der Waals surface area contributed by atoms with E-state index in [-0.39, 0.29) is 11.3 Å². The molecule has 9 nitrogen and oxygen atoms in total. The number of benzene rings is 1. The number of pyridine rings is 1. The number of ether oxygens (including phenoxy) is 1. The molecule has 0 fully saturated rings. The minimum absolute atomic E-state index is 0.173. The summed E-state index contributed by atoms with van der Waals surface area (Å²) in [5, 5.41) is 9.30. The van der Waals surface area contributed by atoms with Gasteiger partial charge in [-0.05, 0) is 37.3 Å². The maximum absolute atomic E-state index is 12.2. The summed E-state index contributed by atoms with van der Waals surface area (Å²) in [5.41, 5.74) is 1.15. The van der Waals surface area contributed by atoms with Gasteiger partial charge in [0.05, 0.1) is 5.69 Å². The van der Waals surface area contributed by atoms with Crippen LogP contribution in [-0.4, -0.2) is 29.1 Å². The molecule has 2 heterocycles. The zero-order valence-electron chi connectivity index (χ0n) is 17.9. The number of hydrogen-bond donors (Lipinski definition) is 2. The zero-order valence-corrected chi connectivity index (χ0v) is 17.9. The Kier molecular flexibility index (Phi) is 6.54. The molecular weight excluding hydrogens is 398 g/mol. The molecule has 2 aromatic heterocycles. The Morgan fingerprint density at radius 1 is 1.13 bits per heavy atom. The highest BCUT2D eigenvalue weighted by Gasteiger charge is 2.19. The largest absolute Gasteiger partial charge is 0.457 e. The van der Waals surface area contributed by atoms with Crippen LogP contribution in [0.25, 0.3) is 0 Å². The Balaban J connectivity index is 1.59. The van der Waals surface area contributed by atoms with Crippen LogP contribution in [0, 0.1) is 0 Å². The normalized spacial score (nSPS) is 11.0. The second kappa shape index (κ2) is 9.29. The van der Waals surface area contributed by atoms with Gasteiger partial charge in [0.25, 0.3) is 0 Å². The Hall–Kier alpha value is -3.88. The van der Waals surface area contributed by atoms with Crippen molar-refractivity contribution in [2.45, 2.75) is 33.1 Å². The monoisotopic (exact) mass is 423 g/mol. The van der Waals surface area contributed by atoms with Crippen molar-refractivity contribution in [3.8, 4) is 11.5 Å². The molecule has 0 saturated heterocycles. The first-order valence-corrected chi connectivity index (χ1v) is 9.79. The van der Waals surface area contributed by atoms with Gasteiger partial charge >= 0.3 is 6.03 Å². The van der Waals surface area contributed by atoms with Gasteiger partial charge in [-0.2, -0.15) is 0 Å². The highest BCUT2D eigenvalue weighted by atomic mass is 16.5. The van der Waals surface area contributed by atoms with E-state index in [9.17, 15) is 9.59 Å². The maximum Gasteiger partial charge on any atom is 0.326 e. The summed E-state index contributed by atoms with van der Waals surface area (Å²) in [6, 6.07) is 11.5. The molecule has 0 aliphatic heterocycles. The van der Waals surface area contributed by atoms with Crippen molar-refractivity contribution in [1.29, 1.82) is 0 Å². The van der Waals surface area contributed by atoms with Crippen molar-refractivity contribution in [1.82, 2.24) is 10.1 Å². The van der Waals surface area contributed by atoms with Crippen LogP contribution in [0.1, 0.15) is 33.4 Å². The van der Waals surface area contributed by atoms with E-state index in [1.54, 1.807) is 48.7 Å². The topological polar surface area (TPSA) is 110 Å². The fourth-order valence-corrected chi connectivity index (χ4v) is 2.62. The third-order valence-corrected chi connectivity index (χ3v) is 4.34. The maximum atomic E-state index is 12.2. The Morgan fingerprint density at radius 2 is 1.87 bits per heavy atom. The molecule has 0 bridgehead atoms. The third-order valence-electron chi connectivity index (χ3n) is 4.34. The number of nitrogens with zero attached hydrogens (tertiary/aromatic N) is 3. The average Bonchev–Trinajstić information content (AvgIpc) is 3.20. The fraction of sp³-hybridized carbons (Fsp3) is 0.273. The first-order chi connectivity index (χ1) is 14.8. The van der Waals surface area contributed by atoms with Crippen molar-refractivity contribution in [3.05, 3.63) is 54.4 Å². The van der Waals surface area contributed by atoms with Gasteiger partial charge in [0.15, 0.2) is 0 Å². The summed E-state index contributed by atoms with van der Waals surface area (Å²) in [6.45, 7) is 8.39. The predicted molar refractivity (Wildman–Crippen MR) is 118 cm³/mol. The van der Waals surface area contributed by atoms with Gasteiger partial charge in [0, 0.05) is 36.0 Å². The van der Waals surface area contributed by atoms with Crippen LogP contribution in [-0.2, 0) is 10.2 Å². The van der Waals surface area contributed by atoms with Crippen LogP contribution in [0.2, 0.25) is 0 Å². The quantitative estimate of drug-likeness (QED) is 0.529. The number of rotatable bonds is 7. The minimum Gasteiger partial charge on any atom is -0.457 e. The van der Waals surface area contributed by atoms with E-state index >= 15 is 0 Å². The SMILES string of the molecule is CCN(C=O)c1cc(Oc2ccc(NC(=O)Nc3cc(C(C)(C)C)no3)cc2)ccn1. The third kappa shape index (κ3) is 5.81. The fourth-order valence-electron chi connectivity index (χ4n) is 2.62.